The number of nitrogens with two attached hydrogens (primary N) is 1. The summed E-state index contributed by atoms with van der Waals surface area (Å²) >= 11 is 0. The molecule has 0 saturated carbocycles. The van der Waals surface area contributed by atoms with Crippen LogP contribution in [0.3, 0.4) is 0 Å². The lowest BCUT2D eigenvalue weighted by molar-refractivity contribution is -0.139. The van der Waals surface area contributed by atoms with Crippen molar-refractivity contribution in [2.75, 3.05) is 31.4 Å². The van der Waals surface area contributed by atoms with Crippen molar-refractivity contribution in [1.29, 1.82) is 5.26 Å². The Morgan fingerprint density at radius 2 is 2.00 bits per heavy atom. The molecule has 2 N–H and O–H groups in total. The molecule has 23 heavy (non-hydrogen) atoms. The van der Waals surface area contributed by atoms with E-state index in [1.165, 1.54) is 19.2 Å². The molecule has 0 atom stereocenters. The zero-order valence-corrected chi connectivity index (χ0v) is 12.5. The van der Waals surface area contributed by atoms with Gasteiger partial charge in [0.1, 0.15) is 12.6 Å². The number of methoxy groups -OCH3 is 2. The highest BCUT2D eigenvalue weighted by molar-refractivity contribution is 6.37. The molecule has 1 amide bonds. The number of hydrogen-bond donors (Lipinski definition) is 1. The minimum atomic E-state index is -0.941. The highest BCUT2D eigenvalue weighted by atomic mass is 16.5. The number of nitrogen functional groups attached to an aromatic ring is 1. The van der Waals surface area contributed by atoms with Crippen molar-refractivity contribution >= 4 is 34.8 Å². The van der Waals surface area contributed by atoms with Gasteiger partial charge in [-0.1, -0.05) is 0 Å². The summed E-state index contributed by atoms with van der Waals surface area (Å²) in [4.78, 5) is 37.0. The van der Waals surface area contributed by atoms with Crippen molar-refractivity contribution in [3.05, 3.63) is 29.3 Å². The second-order valence-corrected chi connectivity index (χ2v) is 4.60. The van der Waals surface area contributed by atoms with Gasteiger partial charge in [0, 0.05) is 11.3 Å². The number of anilines is 2. The lowest BCUT2D eigenvalue weighted by Crippen LogP contribution is -2.33. The Morgan fingerprint density at radius 3 is 2.57 bits per heavy atom. The van der Waals surface area contributed by atoms with Gasteiger partial charge in [0.25, 0.3) is 5.91 Å². The van der Waals surface area contributed by atoms with Crippen molar-refractivity contribution in [3.63, 3.8) is 0 Å². The highest BCUT2D eigenvalue weighted by Gasteiger charge is 2.38. The number of amides is 1. The smallest absolute Gasteiger partial charge is 0.349 e. The summed E-state index contributed by atoms with van der Waals surface area (Å²) in [5, 5.41) is 9.21. The van der Waals surface area contributed by atoms with Crippen LogP contribution in [-0.2, 0) is 23.9 Å². The number of fused-ring (bicyclic) bond motifs is 1. The van der Waals surface area contributed by atoms with Crippen LogP contribution < -0.4 is 10.6 Å². The van der Waals surface area contributed by atoms with Gasteiger partial charge in [0.2, 0.25) is 0 Å². The van der Waals surface area contributed by atoms with Gasteiger partial charge in [-0.2, -0.15) is 5.26 Å². The van der Waals surface area contributed by atoms with E-state index in [1.54, 1.807) is 12.1 Å². The molecule has 1 aliphatic heterocycles. The van der Waals surface area contributed by atoms with Crippen molar-refractivity contribution in [2.45, 2.75) is 0 Å². The standard InChI is InChI=1S/C15H13N3O5/c1-22-12(19)7-18-11-4-3-8(17)5-9(11)13(14(18)20)10(6-16)15(21)23-2/h3-5H,7,17H2,1-2H3/b13-10-. The van der Waals surface area contributed by atoms with Crippen molar-refractivity contribution in [1.82, 2.24) is 0 Å². The van der Waals surface area contributed by atoms with E-state index in [4.69, 9.17) is 5.73 Å². The quantitative estimate of drug-likeness (QED) is 0.367. The number of nitrogens with zero attached hydrogens (tertiary/aromatic N) is 2. The van der Waals surface area contributed by atoms with Crippen molar-refractivity contribution < 1.29 is 23.9 Å². The van der Waals surface area contributed by atoms with Gasteiger partial charge in [-0.3, -0.25) is 14.5 Å². The number of hydrogen-bond acceptors (Lipinski definition) is 7. The first-order valence-electron chi connectivity index (χ1n) is 6.45. The van der Waals surface area contributed by atoms with Gasteiger partial charge in [0.05, 0.1) is 25.5 Å². The summed E-state index contributed by atoms with van der Waals surface area (Å²) in [6.45, 7) is -0.352. The van der Waals surface area contributed by atoms with E-state index in [0.29, 0.717) is 16.9 Å². The van der Waals surface area contributed by atoms with Gasteiger partial charge in [-0.05, 0) is 18.2 Å². The molecule has 0 aliphatic carbocycles. The molecule has 0 unspecified atom stereocenters. The van der Waals surface area contributed by atoms with E-state index < -0.39 is 23.4 Å². The van der Waals surface area contributed by atoms with Crippen LogP contribution in [0, 0.1) is 11.3 Å². The molecule has 1 aromatic carbocycles. The monoisotopic (exact) mass is 315 g/mol. The molecule has 0 aromatic heterocycles. The summed E-state index contributed by atoms with van der Waals surface area (Å²) in [5.41, 5.74) is 6.12. The van der Waals surface area contributed by atoms with Crippen LogP contribution in [0.5, 0.6) is 0 Å². The SMILES string of the molecule is COC(=O)CN1C(=O)/C(=C(/C#N)C(=O)OC)c2cc(N)ccc21. The minimum absolute atomic E-state index is 0.148. The third-order valence-corrected chi connectivity index (χ3v) is 3.31. The van der Waals surface area contributed by atoms with E-state index in [9.17, 15) is 19.6 Å². The Balaban J connectivity index is 2.68. The number of carbonyl (C=O) groups is 3. The van der Waals surface area contributed by atoms with Crippen LogP contribution in [0.25, 0.3) is 5.57 Å². The van der Waals surface area contributed by atoms with Gasteiger partial charge in [-0.15, -0.1) is 0 Å². The van der Waals surface area contributed by atoms with Crippen LogP contribution in [0.1, 0.15) is 5.56 Å². The normalized spacial score (nSPS) is 14.8. The van der Waals surface area contributed by atoms with Gasteiger partial charge < -0.3 is 15.2 Å². The first-order valence-corrected chi connectivity index (χ1v) is 6.45. The number of carbonyl (C=O) groups excluding carboxylic acids is 3. The van der Waals surface area contributed by atoms with Gasteiger partial charge >= 0.3 is 11.9 Å². The van der Waals surface area contributed by atoms with Gasteiger partial charge in [0.15, 0.2) is 5.57 Å². The summed E-state index contributed by atoms with van der Waals surface area (Å²) in [7, 11) is 2.30. The molecule has 8 nitrogen and oxygen atoms in total. The van der Waals surface area contributed by atoms with E-state index in [0.717, 1.165) is 12.0 Å². The predicted octanol–water partition coefficient (Wildman–Crippen LogP) is 0.239. The van der Waals surface area contributed by atoms with E-state index in [-0.39, 0.29) is 12.1 Å². The summed E-state index contributed by atoms with van der Waals surface area (Å²) in [6, 6.07) is 6.21. The Kier molecular flexibility index (Phi) is 4.32. The van der Waals surface area contributed by atoms with Gasteiger partial charge in [-0.25, -0.2) is 4.79 Å². The molecule has 0 bridgehead atoms. The maximum Gasteiger partial charge on any atom is 0.349 e. The average molecular weight is 315 g/mol. The number of esters is 2. The first-order chi connectivity index (χ1) is 10.9. The number of benzene rings is 1. The molecule has 118 valence electrons. The van der Waals surface area contributed by atoms with Crippen LogP contribution in [0.15, 0.2) is 23.8 Å². The maximum absolute atomic E-state index is 12.6. The lowest BCUT2D eigenvalue weighted by atomic mass is 10.0. The van der Waals surface area contributed by atoms with Crippen LogP contribution >= 0.6 is 0 Å². The number of rotatable bonds is 3. The lowest BCUT2D eigenvalue weighted by Gasteiger charge is -2.15. The molecule has 1 aliphatic rings. The third kappa shape index (κ3) is 2.72. The van der Waals surface area contributed by atoms with E-state index in [1.807, 2.05) is 0 Å². The zero-order valence-electron chi connectivity index (χ0n) is 12.5. The van der Waals surface area contributed by atoms with Crippen molar-refractivity contribution in [2.24, 2.45) is 0 Å². The second kappa shape index (κ2) is 6.19. The largest absolute Gasteiger partial charge is 0.468 e. The maximum atomic E-state index is 12.6. The van der Waals surface area contributed by atoms with Crippen LogP contribution in [0.2, 0.25) is 0 Å². The molecular weight excluding hydrogens is 302 g/mol. The van der Waals surface area contributed by atoms with Crippen LogP contribution in [-0.4, -0.2) is 38.6 Å². The number of ether oxygens (including phenoxy) is 2. The Bertz CT molecular complexity index is 776. The zero-order chi connectivity index (χ0) is 17.1. The molecular formula is C15H13N3O5. The Morgan fingerprint density at radius 1 is 1.30 bits per heavy atom. The summed E-state index contributed by atoms with van der Waals surface area (Å²) in [5.74, 6) is -2.25. The molecule has 2 rings (SSSR count). The van der Waals surface area contributed by atoms with Crippen LogP contribution in [0.4, 0.5) is 11.4 Å². The molecule has 8 heteroatoms. The molecule has 1 heterocycles. The molecule has 0 spiro atoms. The fraction of sp³-hybridized carbons (Fsp3) is 0.200. The molecule has 1 aromatic rings. The molecule has 0 fully saturated rings. The molecule has 0 radical (unpaired) electrons. The molecule has 0 saturated heterocycles. The predicted molar refractivity (Wildman–Crippen MR) is 79.8 cm³/mol. The third-order valence-electron chi connectivity index (χ3n) is 3.31. The highest BCUT2D eigenvalue weighted by Crippen LogP contribution is 2.39. The fourth-order valence-electron chi connectivity index (χ4n) is 2.25. The van der Waals surface area contributed by atoms with E-state index >= 15 is 0 Å². The summed E-state index contributed by atoms with van der Waals surface area (Å²) in [6.07, 6.45) is 0. The second-order valence-electron chi connectivity index (χ2n) is 4.60. The van der Waals surface area contributed by atoms with E-state index in [2.05, 4.69) is 9.47 Å². The summed E-state index contributed by atoms with van der Waals surface area (Å²) < 4.78 is 9.09. The Labute approximate surface area is 131 Å². The minimum Gasteiger partial charge on any atom is -0.468 e. The number of nitriles is 1. The topological polar surface area (TPSA) is 123 Å². The Hall–Kier alpha value is -3.34. The first kappa shape index (κ1) is 16.0. The average Bonchev–Trinajstić information content (AvgIpc) is 2.80. The fourth-order valence-corrected chi connectivity index (χ4v) is 2.25. The van der Waals surface area contributed by atoms with Crippen molar-refractivity contribution in [3.8, 4) is 6.07 Å².